The molecular formula is C12H18O3. The van der Waals surface area contributed by atoms with Crippen LogP contribution in [0, 0.1) is 6.92 Å². The van der Waals surface area contributed by atoms with Crippen LogP contribution in [-0.2, 0) is 4.74 Å². The van der Waals surface area contributed by atoms with Crippen molar-refractivity contribution in [1.29, 1.82) is 0 Å². The molecule has 0 aliphatic rings. The lowest BCUT2D eigenvalue weighted by molar-refractivity contribution is 0.141. The van der Waals surface area contributed by atoms with Crippen LogP contribution in [-0.4, -0.2) is 25.4 Å². The Bertz CT molecular complexity index is 308. The molecule has 1 aromatic carbocycles. The van der Waals surface area contributed by atoms with Gasteiger partial charge in [0.1, 0.15) is 12.4 Å². The summed E-state index contributed by atoms with van der Waals surface area (Å²) in [5, 5.41) is 9.54. The summed E-state index contributed by atoms with van der Waals surface area (Å²) in [6.45, 7) is 4.77. The fourth-order valence-electron chi connectivity index (χ4n) is 1.35. The molecule has 0 radical (unpaired) electrons. The number of hydrogen-bond donors (Lipinski definition) is 1. The normalized spacial score (nSPS) is 12.5. The number of aliphatic hydroxyl groups is 1. The highest BCUT2D eigenvalue weighted by molar-refractivity contribution is 5.38. The Hall–Kier alpha value is -1.06. The Kier molecular flexibility index (Phi) is 4.59. The van der Waals surface area contributed by atoms with Crippen LogP contribution < -0.4 is 4.74 Å². The van der Waals surface area contributed by atoms with Crippen LogP contribution in [0.2, 0.25) is 0 Å². The van der Waals surface area contributed by atoms with E-state index in [9.17, 15) is 5.11 Å². The highest BCUT2D eigenvalue weighted by Crippen LogP contribution is 2.26. The number of benzene rings is 1. The molecule has 3 nitrogen and oxygen atoms in total. The van der Waals surface area contributed by atoms with Crippen LogP contribution in [0.5, 0.6) is 5.75 Å². The molecule has 1 N–H and O–H groups in total. The number of methoxy groups -OCH3 is 1. The predicted molar refractivity (Wildman–Crippen MR) is 59.2 cm³/mol. The third-order valence-electron chi connectivity index (χ3n) is 2.16. The van der Waals surface area contributed by atoms with Crippen LogP contribution in [0.3, 0.4) is 0 Å². The molecule has 0 bridgehead atoms. The minimum Gasteiger partial charge on any atom is -0.491 e. The summed E-state index contributed by atoms with van der Waals surface area (Å²) in [7, 11) is 1.63. The van der Waals surface area contributed by atoms with E-state index in [1.54, 1.807) is 14.0 Å². The zero-order valence-electron chi connectivity index (χ0n) is 9.49. The molecule has 0 saturated heterocycles. The standard InChI is InChI=1S/C12H18O3/c1-9-4-5-11(10(2)13)12(8-9)15-7-6-14-3/h4-5,8,10,13H,6-7H2,1-3H3/t10-/m0/s1. The van der Waals surface area contributed by atoms with Gasteiger partial charge in [-0.3, -0.25) is 0 Å². The highest BCUT2D eigenvalue weighted by Gasteiger charge is 2.08. The van der Waals surface area contributed by atoms with E-state index in [4.69, 9.17) is 9.47 Å². The molecule has 0 saturated carbocycles. The lowest BCUT2D eigenvalue weighted by Crippen LogP contribution is -2.07. The lowest BCUT2D eigenvalue weighted by atomic mass is 10.1. The van der Waals surface area contributed by atoms with E-state index in [1.165, 1.54) is 0 Å². The molecule has 0 aromatic heterocycles. The van der Waals surface area contributed by atoms with Crippen molar-refractivity contribution in [2.75, 3.05) is 20.3 Å². The Balaban J connectivity index is 2.77. The molecule has 3 heteroatoms. The van der Waals surface area contributed by atoms with Gasteiger partial charge in [0.05, 0.1) is 12.7 Å². The van der Waals surface area contributed by atoms with Crippen molar-refractivity contribution in [1.82, 2.24) is 0 Å². The van der Waals surface area contributed by atoms with Crippen molar-refractivity contribution in [2.24, 2.45) is 0 Å². The molecule has 0 aliphatic heterocycles. The average molecular weight is 210 g/mol. The van der Waals surface area contributed by atoms with Crippen molar-refractivity contribution < 1.29 is 14.6 Å². The largest absolute Gasteiger partial charge is 0.491 e. The third kappa shape index (κ3) is 3.53. The number of hydrogen-bond acceptors (Lipinski definition) is 3. The quantitative estimate of drug-likeness (QED) is 0.756. The molecule has 0 spiro atoms. The fourth-order valence-corrected chi connectivity index (χ4v) is 1.35. The number of aliphatic hydroxyl groups excluding tert-OH is 1. The van der Waals surface area contributed by atoms with Crippen LogP contribution in [0.25, 0.3) is 0 Å². The van der Waals surface area contributed by atoms with E-state index in [1.807, 2.05) is 25.1 Å². The second-order valence-electron chi connectivity index (χ2n) is 3.56. The first-order chi connectivity index (χ1) is 7.15. The third-order valence-corrected chi connectivity index (χ3v) is 2.16. The molecule has 0 amide bonds. The molecule has 1 aromatic rings. The van der Waals surface area contributed by atoms with Gasteiger partial charge in [0.15, 0.2) is 0 Å². The number of ether oxygens (including phenoxy) is 2. The molecule has 84 valence electrons. The summed E-state index contributed by atoms with van der Waals surface area (Å²) in [5.74, 6) is 0.738. The summed E-state index contributed by atoms with van der Waals surface area (Å²) in [6.07, 6.45) is -0.511. The summed E-state index contributed by atoms with van der Waals surface area (Å²) >= 11 is 0. The molecule has 0 fully saturated rings. The topological polar surface area (TPSA) is 38.7 Å². The zero-order valence-corrected chi connectivity index (χ0v) is 9.49. The maximum atomic E-state index is 9.54. The molecule has 0 heterocycles. The van der Waals surface area contributed by atoms with Gasteiger partial charge in [-0.05, 0) is 25.5 Å². The Morgan fingerprint density at radius 2 is 2.07 bits per heavy atom. The first-order valence-corrected chi connectivity index (χ1v) is 5.05. The number of aryl methyl sites for hydroxylation is 1. The number of rotatable bonds is 5. The first-order valence-electron chi connectivity index (χ1n) is 5.05. The fraction of sp³-hybridized carbons (Fsp3) is 0.500. The first kappa shape index (κ1) is 12.0. The van der Waals surface area contributed by atoms with Gasteiger partial charge in [-0.2, -0.15) is 0 Å². The van der Waals surface area contributed by atoms with Crippen LogP contribution >= 0.6 is 0 Å². The minimum absolute atomic E-state index is 0.500. The highest BCUT2D eigenvalue weighted by atomic mass is 16.5. The van der Waals surface area contributed by atoms with Gasteiger partial charge in [-0.25, -0.2) is 0 Å². The summed E-state index contributed by atoms with van der Waals surface area (Å²) in [6, 6.07) is 5.78. The summed E-state index contributed by atoms with van der Waals surface area (Å²) in [5.41, 5.74) is 1.93. The van der Waals surface area contributed by atoms with E-state index in [0.29, 0.717) is 13.2 Å². The van der Waals surface area contributed by atoms with Crippen LogP contribution in [0.4, 0.5) is 0 Å². The molecule has 1 atom stereocenters. The van der Waals surface area contributed by atoms with Crippen molar-refractivity contribution in [3.05, 3.63) is 29.3 Å². The zero-order chi connectivity index (χ0) is 11.3. The smallest absolute Gasteiger partial charge is 0.125 e. The van der Waals surface area contributed by atoms with E-state index in [0.717, 1.165) is 16.9 Å². The van der Waals surface area contributed by atoms with Crippen LogP contribution in [0.1, 0.15) is 24.2 Å². The van der Waals surface area contributed by atoms with E-state index in [2.05, 4.69) is 0 Å². The monoisotopic (exact) mass is 210 g/mol. The minimum atomic E-state index is -0.511. The molecule has 15 heavy (non-hydrogen) atoms. The Morgan fingerprint density at radius 1 is 1.33 bits per heavy atom. The maximum Gasteiger partial charge on any atom is 0.125 e. The van der Waals surface area contributed by atoms with Gasteiger partial charge in [0.25, 0.3) is 0 Å². The van der Waals surface area contributed by atoms with Gasteiger partial charge in [-0.15, -0.1) is 0 Å². The van der Waals surface area contributed by atoms with Gasteiger partial charge in [-0.1, -0.05) is 12.1 Å². The van der Waals surface area contributed by atoms with Gasteiger partial charge in [0, 0.05) is 12.7 Å². The van der Waals surface area contributed by atoms with E-state index >= 15 is 0 Å². The average Bonchev–Trinajstić information content (AvgIpc) is 2.18. The molecular weight excluding hydrogens is 192 g/mol. The Morgan fingerprint density at radius 3 is 2.67 bits per heavy atom. The summed E-state index contributed by atoms with van der Waals surface area (Å²) < 4.78 is 10.4. The second-order valence-corrected chi connectivity index (χ2v) is 3.56. The van der Waals surface area contributed by atoms with Gasteiger partial charge in [0.2, 0.25) is 0 Å². The van der Waals surface area contributed by atoms with Gasteiger partial charge < -0.3 is 14.6 Å². The molecule has 1 rings (SSSR count). The van der Waals surface area contributed by atoms with E-state index in [-0.39, 0.29) is 0 Å². The SMILES string of the molecule is COCCOc1cc(C)ccc1[C@H](C)O. The van der Waals surface area contributed by atoms with Crippen molar-refractivity contribution >= 4 is 0 Å². The van der Waals surface area contributed by atoms with Crippen molar-refractivity contribution in [2.45, 2.75) is 20.0 Å². The van der Waals surface area contributed by atoms with Crippen molar-refractivity contribution in [3.8, 4) is 5.75 Å². The predicted octanol–water partition coefficient (Wildman–Crippen LogP) is 2.07. The lowest BCUT2D eigenvalue weighted by Gasteiger charge is -2.13. The van der Waals surface area contributed by atoms with Crippen LogP contribution in [0.15, 0.2) is 18.2 Å². The molecule has 0 unspecified atom stereocenters. The molecule has 0 aliphatic carbocycles. The van der Waals surface area contributed by atoms with E-state index < -0.39 is 6.10 Å². The maximum absolute atomic E-state index is 9.54. The van der Waals surface area contributed by atoms with Crippen molar-refractivity contribution in [3.63, 3.8) is 0 Å². The second kappa shape index (κ2) is 5.73. The van der Waals surface area contributed by atoms with Gasteiger partial charge >= 0.3 is 0 Å². The summed E-state index contributed by atoms with van der Waals surface area (Å²) in [4.78, 5) is 0. The Labute approximate surface area is 90.6 Å².